The molecule has 0 aromatic carbocycles. The van der Waals surface area contributed by atoms with E-state index in [4.69, 9.17) is 0 Å². The molecular weight excluding hydrogens is 306 g/mol. The molecule has 122 valence electrons. The predicted molar refractivity (Wildman–Crippen MR) is 87.8 cm³/mol. The molecule has 3 aromatic heterocycles. The van der Waals surface area contributed by atoms with E-state index in [0.717, 1.165) is 25.1 Å². The number of aromatic amines is 1. The number of carbonyl (C=O) groups is 1. The quantitative estimate of drug-likeness (QED) is 0.644. The third-order valence-corrected chi connectivity index (χ3v) is 3.32. The van der Waals surface area contributed by atoms with E-state index in [0.29, 0.717) is 17.9 Å². The summed E-state index contributed by atoms with van der Waals surface area (Å²) in [6.45, 7) is 0. The van der Waals surface area contributed by atoms with Gasteiger partial charge in [0, 0.05) is 31.4 Å². The molecule has 3 rings (SSSR count). The van der Waals surface area contributed by atoms with Gasteiger partial charge in [-0.15, -0.1) is 5.10 Å². The minimum Gasteiger partial charge on any atom is -0.293 e. The lowest BCUT2D eigenvalue weighted by Crippen LogP contribution is -2.12. The fraction of sp³-hybridized carbons (Fsp3) is 0.250. The molecule has 0 aliphatic rings. The van der Waals surface area contributed by atoms with E-state index in [9.17, 15) is 4.79 Å². The van der Waals surface area contributed by atoms with Crippen molar-refractivity contribution in [3.05, 3.63) is 48.7 Å². The van der Waals surface area contributed by atoms with E-state index in [-0.39, 0.29) is 11.9 Å². The number of carbonyl (C=O) groups excluding carboxylic acids is 1. The summed E-state index contributed by atoms with van der Waals surface area (Å²) in [5, 5.41) is 9.42. The molecule has 3 heterocycles. The zero-order chi connectivity index (χ0) is 16.6. The molecule has 0 saturated heterocycles. The summed E-state index contributed by atoms with van der Waals surface area (Å²) < 4.78 is 0. The van der Waals surface area contributed by atoms with Gasteiger partial charge in [-0.3, -0.25) is 20.2 Å². The molecule has 1 amide bonds. The molecule has 0 atom stereocenters. The van der Waals surface area contributed by atoms with Crippen molar-refractivity contribution in [1.82, 2.24) is 30.1 Å². The van der Waals surface area contributed by atoms with Crippen LogP contribution in [0, 0.1) is 0 Å². The minimum atomic E-state index is -0.115. The maximum Gasteiger partial charge on any atom is 0.249 e. The van der Waals surface area contributed by atoms with Gasteiger partial charge in [-0.25, -0.2) is 9.97 Å². The second-order valence-electron chi connectivity index (χ2n) is 5.14. The maximum atomic E-state index is 11.9. The number of nitrogens with zero attached hydrogens (tertiary/aromatic N) is 5. The smallest absolute Gasteiger partial charge is 0.249 e. The Morgan fingerprint density at radius 2 is 1.88 bits per heavy atom. The van der Waals surface area contributed by atoms with E-state index in [1.54, 1.807) is 24.7 Å². The number of aromatic nitrogens is 6. The maximum absolute atomic E-state index is 11.9. The third-order valence-electron chi connectivity index (χ3n) is 3.32. The number of rotatable bonds is 7. The van der Waals surface area contributed by atoms with Gasteiger partial charge in [-0.2, -0.15) is 4.98 Å². The molecule has 0 aliphatic carbocycles. The van der Waals surface area contributed by atoms with Crippen LogP contribution in [0.15, 0.2) is 42.9 Å². The molecular formula is C16H17N7O. The Morgan fingerprint density at radius 3 is 2.67 bits per heavy atom. The summed E-state index contributed by atoms with van der Waals surface area (Å²) in [4.78, 5) is 28.6. The highest BCUT2D eigenvalue weighted by molar-refractivity contribution is 5.88. The van der Waals surface area contributed by atoms with Crippen LogP contribution in [0.25, 0.3) is 11.5 Å². The topological polar surface area (TPSA) is 109 Å². The fourth-order valence-corrected chi connectivity index (χ4v) is 2.15. The van der Waals surface area contributed by atoms with Crippen molar-refractivity contribution in [3.63, 3.8) is 0 Å². The van der Waals surface area contributed by atoms with Gasteiger partial charge in [0.2, 0.25) is 11.9 Å². The van der Waals surface area contributed by atoms with E-state index in [2.05, 4.69) is 35.5 Å². The average molecular weight is 323 g/mol. The summed E-state index contributed by atoms with van der Waals surface area (Å²) >= 11 is 0. The van der Waals surface area contributed by atoms with E-state index in [1.165, 1.54) is 0 Å². The molecule has 0 aliphatic heterocycles. The van der Waals surface area contributed by atoms with E-state index < -0.39 is 0 Å². The number of hydrogen-bond donors (Lipinski definition) is 2. The average Bonchev–Trinajstić information content (AvgIpc) is 3.09. The molecule has 0 saturated carbocycles. The molecule has 0 bridgehead atoms. The van der Waals surface area contributed by atoms with Crippen LogP contribution in [0.3, 0.4) is 0 Å². The molecule has 0 radical (unpaired) electrons. The van der Waals surface area contributed by atoms with Crippen molar-refractivity contribution >= 4 is 11.9 Å². The highest BCUT2D eigenvalue weighted by Crippen LogP contribution is 2.12. The van der Waals surface area contributed by atoms with Crippen LogP contribution in [0.5, 0.6) is 0 Å². The van der Waals surface area contributed by atoms with Crippen molar-refractivity contribution < 1.29 is 4.79 Å². The Balaban J connectivity index is 1.43. The highest BCUT2D eigenvalue weighted by Gasteiger charge is 2.09. The second-order valence-corrected chi connectivity index (χ2v) is 5.14. The zero-order valence-corrected chi connectivity index (χ0v) is 13.0. The van der Waals surface area contributed by atoms with Crippen LogP contribution in [-0.2, 0) is 11.2 Å². The summed E-state index contributed by atoms with van der Waals surface area (Å²) in [5.74, 6) is 1.46. The van der Waals surface area contributed by atoms with Crippen LogP contribution in [0.4, 0.5) is 5.95 Å². The number of H-pyrrole nitrogens is 1. The number of aryl methyl sites for hydroxylation is 1. The largest absolute Gasteiger partial charge is 0.293 e. The van der Waals surface area contributed by atoms with Gasteiger partial charge in [0.05, 0.1) is 0 Å². The molecule has 8 nitrogen and oxygen atoms in total. The van der Waals surface area contributed by atoms with Gasteiger partial charge in [0.1, 0.15) is 11.5 Å². The van der Waals surface area contributed by atoms with Crippen LogP contribution in [0.2, 0.25) is 0 Å². The van der Waals surface area contributed by atoms with Gasteiger partial charge in [-0.05, 0) is 31.0 Å². The predicted octanol–water partition coefficient (Wildman–Crippen LogP) is 2.01. The zero-order valence-electron chi connectivity index (χ0n) is 13.0. The first kappa shape index (κ1) is 15.7. The Hall–Kier alpha value is -3.16. The first-order valence-electron chi connectivity index (χ1n) is 7.71. The summed E-state index contributed by atoms with van der Waals surface area (Å²) in [5.41, 5.74) is 0.674. The molecule has 24 heavy (non-hydrogen) atoms. The number of unbranched alkanes of at least 4 members (excludes halogenated alkanes) is 1. The Morgan fingerprint density at radius 1 is 1.04 bits per heavy atom. The molecule has 2 N–H and O–H groups in total. The van der Waals surface area contributed by atoms with Gasteiger partial charge in [-0.1, -0.05) is 6.07 Å². The summed E-state index contributed by atoms with van der Waals surface area (Å²) in [6.07, 6.45) is 7.88. The summed E-state index contributed by atoms with van der Waals surface area (Å²) in [6, 6.07) is 7.29. The van der Waals surface area contributed by atoms with Crippen molar-refractivity contribution in [2.24, 2.45) is 0 Å². The van der Waals surface area contributed by atoms with Crippen molar-refractivity contribution in [2.75, 3.05) is 5.32 Å². The van der Waals surface area contributed by atoms with Crippen molar-refractivity contribution in [3.8, 4) is 11.5 Å². The van der Waals surface area contributed by atoms with Crippen LogP contribution in [-0.4, -0.2) is 36.0 Å². The third kappa shape index (κ3) is 4.42. The first-order valence-corrected chi connectivity index (χ1v) is 7.71. The minimum absolute atomic E-state index is 0.115. The molecule has 0 spiro atoms. The van der Waals surface area contributed by atoms with Crippen molar-refractivity contribution in [1.29, 1.82) is 0 Å². The molecule has 3 aromatic rings. The first-order chi connectivity index (χ1) is 11.8. The van der Waals surface area contributed by atoms with Crippen molar-refractivity contribution in [2.45, 2.75) is 25.7 Å². The van der Waals surface area contributed by atoms with Gasteiger partial charge in [0.25, 0.3) is 0 Å². The Labute approximate surface area is 138 Å². The fourth-order valence-electron chi connectivity index (χ4n) is 2.15. The normalized spacial score (nSPS) is 10.5. The Kier molecular flexibility index (Phi) is 5.18. The number of amides is 1. The van der Waals surface area contributed by atoms with Crippen LogP contribution < -0.4 is 5.32 Å². The number of nitrogens with one attached hydrogen (secondary N) is 2. The van der Waals surface area contributed by atoms with E-state index in [1.807, 2.05) is 18.2 Å². The lowest BCUT2D eigenvalue weighted by atomic mass is 10.2. The molecule has 8 heteroatoms. The van der Waals surface area contributed by atoms with Gasteiger partial charge < -0.3 is 0 Å². The van der Waals surface area contributed by atoms with Crippen LogP contribution >= 0.6 is 0 Å². The van der Waals surface area contributed by atoms with Crippen LogP contribution in [0.1, 0.15) is 25.1 Å². The summed E-state index contributed by atoms with van der Waals surface area (Å²) in [7, 11) is 0. The highest BCUT2D eigenvalue weighted by atomic mass is 16.1. The standard InChI is InChI=1S/C16H17N7O/c24-14(8-2-1-7-13-18-10-5-11-19-13)20-16-21-15(22-23-16)12-6-3-4-9-17-12/h3-6,9-11H,1-2,7-8H2,(H2,20,21,22,23,24). The SMILES string of the molecule is O=C(CCCCc1ncccn1)Nc1n[nH]c(-c2ccccn2)n1. The van der Waals surface area contributed by atoms with Gasteiger partial charge in [0.15, 0.2) is 5.82 Å². The molecule has 0 unspecified atom stereocenters. The monoisotopic (exact) mass is 323 g/mol. The lowest BCUT2D eigenvalue weighted by molar-refractivity contribution is -0.116. The number of hydrogen-bond acceptors (Lipinski definition) is 6. The number of pyridine rings is 1. The van der Waals surface area contributed by atoms with Gasteiger partial charge >= 0.3 is 0 Å². The lowest BCUT2D eigenvalue weighted by Gasteiger charge is -2.01. The number of anilines is 1. The molecule has 0 fully saturated rings. The van der Waals surface area contributed by atoms with E-state index >= 15 is 0 Å². The Bertz CT molecular complexity index is 773. The second kappa shape index (κ2) is 7.91.